The van der Waals surface area contributed by atoms with Crippen LogP contribution in [-0.2, 0) is 36.8 Å². The normalized spacial score (nSPS) is 13.9. The lowest BCUT2D eigenvalue weighted by Gasteiger charge is -2.25. The molecule has 0 fully saturated rings. The first-order valence-electron chi connectivity index (χ1n) is 13.0. The Labute approximate surface area is 239 Å². The number of aromatic amines is 1. The zero-order valence-electron chi connectivity index (χ0n) is 22.4. The van der Waals surface area contributed by atoms with E-state index < -0.39 is 66.9 Å². The molecule has 0 saturated carbocycles. The maximum absolute atomic E-state index is 13.3. The smallest absolute Gasteiger partial charge is 0.326 e. The molecule has 1 heterocycles. The van der Waals surface area contributed by atoms with Crippen LogP contribution < -0.4 is 21.7 Å². The largest absolute Gasteiger partial charge is 0.508 e. The fourth-order valence-electron chi connectivity index (χ4n) is 4.24. The summed E-state index contributed by atoms with van der Waals surface area (Å²) in [6, 6.07) is 7.41. The van der Waals surface area contributed by atoms with Crippen molar-refractivity contribution in [3.8, 4) is 5.75 Å². The van der Waals surface area contributed by atoms with E-state index >= 15 is 0 Å². The van der Waals surface area contributed by atoms with Crippen LogP contribution in [-0.4, -0.2) is 85.8 Å². The molecule has 2 aromatic carbocycles. The highest BCUT2D eigenvalue weighted by molar-refractivity contribution is 5.94. The summed E-state index contributed by atoms with van der Waals surface area (Å²) >= 11 is 0. The minimum Gasteiger partial charge on any atom is -0.508 e. The summed E-state index contributed by atoms with van der Waals surface area (Å²) in [5.74, 6) is -5.29. The van der Waals surface area contributed by atoms with Gasteiger partial charge < -0.3 is 47.1 Å². The van der Waals surface area contributed by atoms with Crippen LogP contribution in [0.4, 0.5) is 0 Å². The molecule has 0 aliphatic carbocycles. The van der Waals surface area contributed by atoms with Gasteiger partial charge in [0, 0.05) is 36.4 Å². The van der Waals surface area contributed by atoms with E-state index in [2.05, 4.69) is 20.9 Å². The number of carbonyl (C=O) groups excluding carboxylic acids is 3. The van der Waals surface area contributed by atoms with Crippen LogP contribution in [0.25, 0.3) is 10.9 Å². The third-order valence-corrected chi connectivity index (χ3v) is 6.54. The van der Waals surface area contributed by atoms with E-state index in [1.165, 1.54) is 24.3 Å². The number of aliphatic hydroxyl groups is 1. The molecule has 0 aliphatic heterocycles. The SMILES string of the molecule is NC(CO)C(=O)NC(Cc1ccc(O)cc1)C(=O)NC(CCC(=O)O)C(=O)NC(Cc1c[nH]c2ccccc12)C(=O)O. The molecule has 14 nitrogen and oxygen atoms in total. The number of nitrogens with two attached hydrogens (primary N) is 1. The number of carboxylic acid groups (broad SMARTS) is 2. The highest BCUT2D eigenvalue weighted by Gasteiger charge is 2.31. The van der Waals surface area contributed by atoms with Gasteiger partial charge in [-0.3, -0.25) is 19.2 Å². The minimum absolute atomic E-state index is 0.0304. The van der Waals surface area contributed by atoms with Gasteiger partial charge in [-0.25, -0.2) is 4.79 Å². The van der Waals surface area contributed by atoms with Crippen molar-refractivity contribution in [3.63, 3.8) is 0 Å². The Morgan fingerprint density at radius 2 is 1.43 bits per heavy atom. The zero-order valence-corrected chi connectivity index (χ0v) is 22.4. The number of hydrogen-bond acceptors (Lipinski definition) is 8. The van der Waals surface area contributed by atoms with Crippen LogP contribution in [0.15, 0.2) is 54.7 Å². The summed E-state index contributed by atoms with van der Waals surface area (Å²) in [6.07, 6.45) is 0.528. The van der Waals surface area contributed by atoms with Gasteiger partial charge in [0.1, 0.15) is 29.9 Å². The topological polar surface area (TPSA) is 244 Å². The summed E-state index contributed by atoms with van der Waals surface area (Å²) in [4.78, 5) is 65.3. The molecule has 0 saturated heterocycles. The zero-order chi connectivity index (χ0) is 30.8. The lowest BCUT2D eigenvalue weighted by Crippen LogP contribution is -2.58. The van der Waals surface area contributed by atoms with Crippen molar-refractivity contribution in [2.24, 2.45) is 5.73 Å². The molecular weight excluding hydrogens is 550 g/mol. The Bertz CT molecular complexity index is 1420. The van der Waals surface area contributed by atoms with Crippen LogP contribution in [0.1, 0.15) is 24.0 Å². The summed E-state index contributed by atoms with van der Waals surface area (Å²) in [5.41, 5.74) is 7.49. The fourth-order valence-corrected chi connectivity index (χ4v) is 4.24. The van der Waals surface area contributed by atoms with Gasteiger partial charge in [-0.05, 0) is 35.7 Å². The Morgan fingerprint density at radius 1 is 0.810 bits per heavy atom. The monoisotopic (exact) mass is 583 g/mol. The molecule has 0 spiro atoms. The second-order valence-electron chi connectivity index (χ2n) is 9.68. The van der Waals surface area contributed by atoms with Gasteiger partial charge in [0.2, 0.25) is 17.7 Å². The number of phenolic OH excluding ortho intramolecular Hbond substituents is 1. The van der Waals surface area contributed by atoms with E-state index in [4.69, 9.17) is 5.73 Å². The van der Waals surface area contributed by atoms with Gasteiger partial charge in [-0.15, -0.1) is 0 Å². The molecule has 1 aromatic heterocycles. The number of hydrogen-bond donors (Lipinski definition) is 9. The standard InChI is InChI=1S/C28H33N5O9/c29-19(14-34)25(38)32-22(11-15-5-7-17(35)8-6-15)27(40)31-21(9-10-24(36)37)26(39)33-23(28(41)42)12-16-13-30-20-4-2-1-3-18(16)20/h1-8,13,19,21-23,30,34-35H,9-12,14,29H2,(H,31,40)(H,32,38)(H,33,39)(H,36,37)(H,41,42). The lowest BCUT2D eigenvalue weighted by atomic mass is 10.0. The summed E-state index contributed by atoms with van der Waals surface area (Å²) < 4.78 is 0. The first-order valence-corrected chi connectivity index (χ1v) is 13.0. The van der Waals surface area contributed by atoms with Crippen molar-refractivity contribution >= 4 is 40.6 Å². The third-order valence-electron chi connectivity index (χ3n) is 6.54. The van der Waals surface area contributed by atoms with Crippen LogP contribution in [0.2, 0.25) is 0 Å². The minimum atomic E-state index is -1.47. The third kappa shape index (κ3) is 8.78. The molecular formula is C28H33N5O9. The second-order valence-corrected chi connectivity index (χ2v) is 9.68. The molecule has 3 aromatic rings. The Kier molecular flexibility index (Phi) is 11.0. The van der Waals surface area contributed by atoms with Crippen molar-refractivity contribution in [1.82, 2.24) is 20.9 Å². The average molecular weight is 584 g/mol. The first-order chi connectivity index (χ1) is 20.0. The van der Waals surface area contributed by atoms with Crippen molar-refractivity contribution in [3.05, 3.63) is 65.9 Å². The van der Waals surface area contributed by atoms with Crippen LogP contribution in [0.3, 0.4) is 0 Å². The molecule has 0 bridgehead atoms. The number of rotatable bonds is 15. The average Bonchev–Trinajstić information content (AvgIpc) is 3.37. The molecule has 4 unspecified atom stereocenters. The Hall–Kier alpha value is -4.95. The van der Waals surface area contributed by atoms with Crippen molar-refractivity contribution in [2.45, 2.75) is 49.9 Å². The van der Waals surface area contributed by atoms with Gasteiger partial charge in [-0.1, -0.05) is 30.3 Å². The van der Waals surface area contributed by atoms with Gasteiger partial charge in [0.25, 0.3) is 0 Å². The van der Waals surface area contributed by atoms with E-state index in [1.807, 2.05) is 12.1 Å². The maximum atomic E-state index is 13.3. The number of phenols is 1. The molecule has 10 N–H and O–H groups in total. The van der Waals surface area contributed by atoms with Gasteiger partial charge in [-0.2, -0.15) is 0 Å². The Balaban J connectivity index is 1.80. The molecule has 14 heteroatoms. The molecule has 3 amide bonds. The van der Waals surface area contributed by atoms with E-state index in [0.29, 0.717) is 11.1 Å². The van der Waals surface area contributed by atoms with Gasteiger partial charge >= 0.3 is 11.9 Å². The number of amides is 3. The number of carboxylic acids is 2. The van der Waals surface area contributed by atoms with E-state index in [0.717, 1.165) is 10.9 Å². The van der Waals surface area contributed by atoms with E-state index in [9.17, 15) is 44.4 Å². The number of aromatic hydroxyl groups is 1. The quantitative estimate of drug-likeness (QED) is 0.110. The van der Waals surface area contributed by atoms with E-state index in [-0.39, 0.29) is 25.0 Å². The summed E-state index contributed by atoms with van der Waals surface area (Å²) in [7, 11) is 0. The summed E-state index contributed by atoms with van der Waals surface area (Å²) in [6.45, 7) is -0.698. The van der Waals surface area contributed by atoms with Crippen LogP contribution in [0, 0.1) is 0 Å². The van der Waals surface area contributed by atoms with Crippen molar-refractivity contribution in [1.29, 1.82) is 0 Å². The number of nitrogens with one attached hydrogen (secondary N) is 4. The predicted molar refractivity (Wildman–Crippen MR) is 149 cm³/mol. The number of H-pyrrole nitrogens is 1. The maximum Gasteiger partial charge on any atom is 0.326 e. The highest BCUT2D eigenvalue weighted by Crippen LogP contribution is 2.19. The van der Waals surface area contributed by atoms with Crippen molar-refractivity contribution < 1.29 is 44.4 Å². The molecule has 0 aliphatic rings. The van der Waals surface area contributed by atoms with E-state index in [1.54, 1.807) is 18.3 Å². The number of para-hydroxylation sites is 1. The molecule has 42 heavy (non-hydrogen) atoms. The highest BCUT2D eigenvalue weighted by atomic mass is 16.4. The summed E-state index contributed by atoms with van der Waals surface area (Å²) in [5, 5.41) is 45.8. The number of aliphatic hydroxyl groups excluding tert-OH is 1. The molecule has 4 atom stereocenters. The van der Waals surface area contributed by atoms with Crippen LogP contribution >= 0.6 is 0 Å². The fraction of sp³-hybridized carbons (Fsp3) is 0.321. The number of aliphatic carboxylic acids is 2. The number of aromatic nitrogens is 1. The Morgan fingerprint density at radius 3 is 2.07 bits per heavy atom. The number of benzene rings is 2. The van der Waals surface area contributed by atoms with Gasteiger partial charge in [0.15, 0.2) is 0 Å². The lowest BCUT2D eigenvalue weighted by molar-refractivity contribution is -0.143. The second kappa shape index (κ2) is 14.6. The first kappa shape index (κ1) is 31.6. The van der Waals surface area contributed by atoms with Crippen LogP contribution in [0.5, 0.6) is 5.75 Å². The number of carbonyl (C=O) groups is 5. The molecule has 224 valence electrons. The predicted octanol–water partition coefficient (Wildman–Crippen LogP) is -0.618. The number of fused-ring (bicyclic) bond motifs is 1. The van der Waals surface area contributed by atoms with Gasteiger partial charge in [0.05, 0.1) is 6.61 Å². The molecule has 3 rings (SSSR count). The molecule has 0 radical (unpaired) electrons. The van der Waals surface area contributed by atoms with Crippen molar-refractivity contribution in [2.75, 3.05) is 6.61 Å².